The van der Waals surface area contributed by atoms with Crippen LogP contribution in [-0.2, 0) is 10.0 Å². The molecule has 1 fully saturated rings. The van der Waals surface area contributed by atoms with Gasteiger partial charge < -0.3 is 5.73 Å². The van der Waals surface area contributed by atoms with Gasteiger partial charge in [0.1, 0.15) is 16.5 Å². The van der Waals surface area contributed by atoms with Gasteiger partial charge in [0.2, 0.25) is 10.0 Å². The van der Waals surface area contributed by atoms with E-state index in [1.165, 1.54) is 4.31 Å². The number of halogens is 4. The second-order valence-corrected chi connectivity index (χ2v) is 8.08. The quantitative estimate of drug-likeness (QED) is 0.766. The Morgan fingerprint density at radius 1 is 1.36 bits per heavy atom. The van der Waals surface area contributed by atoms with Crippen LogP contribution in [0.3, 0.4) is 0 Å². The third-order valence-corrected chi connectivity index (χ3v) is 6.24. The van der Waals surface area contributed by atoms with Crippen molar-refractivity contribution >= 4 is 38.4 Å². The molecule has 1 aromatic rings. The zero-order valence-electron chi connectivity index (χ0n) is 11.9. The van der Waals surface area contributed by atoms with Crippen LogP contribution in [0.1, 0.15) is 19.8 Å². The summed E-state index contributed by atoms with van der Waals surface area (Å²) in [5.74, 6) is -1.88. The summed E-state index contributed by atoms with van der Waals surface area (Å²) in [6.45, 7) is 2.41. The number of hydrogen-bond donors (Lipinski definition) is 1. The lowest BCUT2D eigenvalue weighted by Gasteiger charge is -2.33. The number of nitrogens with two attached hydrogens (primary N) is 1. The number of benzene rings is 1. The first-order valence-corrected chi connectivity index (χ1v) is 8.87. The van der Waals surface area contributed by atoms with E-state index in [0.717, 1.165) is 12.5 Å². The molecule has 1 aliphatic heterocycles. The average molecular weight is 420 g/mol. The third kappa shape index (κ3) is 3.97. The van der Waals surface area contributed by atoms with Crippen LogP contribution in [0.25, 0.3) is 0 Å². The van der Waals surface area contributed by atoms with Crippen LogP contribution >= 0.6 is 28.3 Å². The Morgan fingerprint density at radius 3 is 2.59 bits per heavy atom. The maximum Gasteiger partial charge on any atom is 0.246 e. The first kappa shape index (κ1) is 19.8. The number of nitrogens with zero attached hydrogens (tertiary/aromatic N) is 1. The minimum Gasteiger partial charge on any atom is -0.328 e. The zero-order valence-corrected chi connectivity index (χ0v) is 15.1. The largest absolute Gasteiger partial charge is 0.328 e. The molecule has 1 saturated heterocycles. The lowest BCUT2D eigenvalue weighted by Crippen LogP contribution is -2.45. The minimum absolute atomic E-state index is 0. The number of rotatable bonds is 3. The molecule has 1 heterocycles. The summed E-state index contributed by atoms with van der Waals surface area (Å²) in [6.07, 6.45) is 1.52. The van der Waals surface area contributed by atoms with Gasteiger partial charge in [0, 0.05) is 25.2 Å². The fourth-order valence-corrected chi connectivity index (χ4v) is 4.56. The second kappa shape index (κ2) is 7.53. The Kier molecular flexibility index (Phi) is 6.76. The van der Waals surface area contributed by atoms with Crippen molar-refractivity contribution in [3.05, 3.63) is 28.2 Å². The van der Waals surface area contributed by atoms with Crippen molar-refractivity contribution in [3.8, 4) is 0 Å². The highest BCUT2D eigenvalue weighted by atomic mass is 79.9. The van der Waals surface area contributed by atoms with E-state index >= 15 is 0 Å². The van der Waals surface area contributed by atoms with Crippen LogP contribution in [0.15, 0.2) is 21.5 Å². The van der Waals surface area contributed by atoms with Gasteiger partial charge in [-0.15, -0.1) is 12.4 Å². The van der Waals surface area contributed by atoms with Gasteiger partial charge in [-0.25, -0.2) is 17.2 Å². The summed E-state index contributed by atoms with van der Waals surface area (Å²) >= 11 is 2.89. The van der Waals surface area contributed by atoms with Crippen LogP contribution in [0.5, 0.6) is 0 Å². The maximum absolute atomic E-state index is 13.8. The molecule has 9 heteroatoms. The molecule has 0 radical (unpaired) electrons. The van der Waals surface area contributed by atoms with Crippen LogP contribution < -0.4 is 5.73 Å². The van der Waals surface area contributed by atoms with Crippen molar-refractivity contribution in [1.29, 1.82) is 0 Å². The summed E-state index contributed by atoms with van der Waals surface area (Å²) in [4.78, 5) is -0.513. The van der Waals surface area contributed by atoms with Crippen LogP contribution in [-0.4, -0.2) is 31.9 Å². The number of hydrogen-bond acceptors (Lipinski definition) is 3. The highest BCUT2D eigenvalue weighted by molar-refractivity contribution is 9.10. The van der Waals surface area contributed by atoms with Gasteiger partial charge in [-0.05, 0) is 47.7 Å². The smallest absolute Gasteiger partial charge is 0.246 e. The van der Waals surface area contributed by atoms with Crippen LogP contribution in [0, 0.1) is 17.6 Å². The standard InChI is InChI=1S/C13H17BrF2N2O2S.ClH/c1-8(17)9-3-2-4-18(7-9)21(19,20)13-5-10(14)11(15)6-12(13)16;/h5-6,8-9H,2-4,7,17H2,1H3;1H. The van der Waals surface area contributed by atoms with Gasteiger partial charge in [-0.2, -0.15) is 4.31 Å². The molecule has 1 aromatic carbocycles. The molecule has 4 nitrogen and oxygen atoms in total. The SMILES string of the molecule is CC(N)C1CCCN(S(=O)(=O)c2cc(Br)c(F)cc2F)C1.Cl. The summed E-state index contributed by atoms with van der Waals surface area (Å²) in [7, 11) is -3.99. The molecular weight excluding hydrogens is 402 g/mol. The maximum atomic E-state index is 13.8. The average Bonchev–Trinajstić information content (AvgIpc) is 2.42. The molecule has 2 N–H and O–H groups in total. The first-order chi connectivity index (χ1) is 9.73. The normalized spacial score (nSPS) is 21.2. The van der Waals surface area contributed by atoms with Crippen LogP contribution in [0.2, 0.25) is 0 Å². The van der Waals surface area contributed by atoms with E-state index in [1.54, 1.807) is 0 Å². The molecule has 22 heavy (non-hydrogen) atoms. The summed E-state index contributed by atoms with van der Waals surface area (Å²) in [6, 6.07) is 1.41. The van der Waals surface area contributed by atoms with Gasteiger partial charge in [0.05, 0.1) is 4.47 Å². The Balaban J connectivity index is 0.00000242. The van der Waals surface area contributed by atoms with Gasteiger partial charge in [0.15, 0.2) is 0 Å². The Hall–Kier alpha value is -0.280. The van der Waals surface area contributed by atoms with Gasteiger partial charge >= 0.3 is 0 Å². The lowest BCUT2D eigenvalue weighted by molar-refractivity contribution is 0.242. The molecule has 0 bridgehead atoms. The summed E-state index contributed by atoms with van der Waals surface area (Å²) in [5, 5.41) is 0. The van der Waals surface area contributed by atoms with Gasteiger partial charge in [-0.1, -0.05) is 0 Å². The van der Waals surface area contributed by atoms with Crippen molar-refractivity contribution in [2.24, 2.45) is 11.7 Å². The van der Waals surface area contributed by atoms with E-state index < -0.39 is 26.6 Å². The zero-order chi connectivity index (χ0) is 15.8. The van der Waals surface area contributed by atoms with E-state index in [1.807, 2.05) is 6.92 Å². The Bertz CT molecular complexity index is 643. The summed E-state index contributed by atoms with van der Waals surface area (Å²) < 4.78 is 53.3. The molecule has 126 valence electrons. The van der Waals surface area contributed by atoms with E-state index in [0.29, 0.717) is 19.0 Å². The Labute approximate surface area is 143 Å². The first-order valence-electron chi connectivity index (χ1n) is 6.63. The molecule has 1 aliphatic rings. The van der Waals surface area contributed by atoms with Crippen molar-refractivity contribution < 1.29 is 17.2 Å². The predicted molar refractivity (Wildman–Crippen MR) is 86.4 cm³/mol. The van der Waals surface area contributed by atoms with Crippen molar-refractivity contribution in [1.82, 2.24) is 4.31 Å². The number of piperidine rings is 1. The molecule has 2 unspecified atom stereocenters. The third-order valence-electron chi connectivity index (χ3n) is 3.76. The summed E-state index contributed by atoms with van der Waals surface area (Å²) in [5.41, 5.74) is 5.83. The molecule has 0 saturated carbocycles. The van der Waals surface area contributed by atoms with E-state index in [9.17, 15) is 17.2 Å². The molecule has 0 spiro atoms. The van der Waals surface area contributed by atoms with E-state index in [4.69, 9.17) is 5.73 Å². The fourth-order valence-electron chi connectivity index (χ4n) is 2.46. The minimum atomic E-state index is -3.99. The predicted octanol–water partition coefficient (Wildman–Crippen LogP) is 2.90. The van der Waals surface area contributed by atoms with Crippen LogP contribution in [0.4, 0.5) is 8.78 Å². The van der Waals surface area contributed by atoms with E-state index in [-0.39, 0.29) is 35.4 Å². The highest BCUT2D eigenvalue weighted by Gasteiger charge is 2.33. The van der Waals surface area contributed by atoms with Crippen molar-refractivity contribution in [2.45, 2.75) is 30.7 Å². The fraction of sp³-hybridized carbons (Fsp3) is 0.538. The second-order valence-electron chi connectivity index (χ2n) is 5.32. The Morgan fingerprint density at radius 2 is 2.00 bits per heavy atom. The molecule has 0 amide bonds. The topological polar surface area (TPSA) is 63.4 Å². The number of sulfonamides is 1. The lowest BCUT2D eigenvalue weighted by atomic mass is 9.93. The van der Waals surface area contributed by atoms with Crippen molar-refractivity contribution in [3.63, 3.8) is 0 Å². The molecule has 2 rings (SSSR count). The molecular formula is C13H18BrClF2N2O2S. The highest BCUT2D eigenvalue weighted by Crippen LogP contribution is 2.29. The monoisotopic (exact) mass is 418 g/mol. The van der Waals surface area contributed by atoms with Gasteiger partial charge in [0.25, 0.3) is 0 Å². The molecule has 2 atom stereocenters. The van der Waals surface area contributed by atoms with Gasteiger partial charge in [-0.3, -0.25) is 0 Å². The molecule has 0 aliphatic carbocycles. The van der Waals surface area contributed by atoms with Crippen molar-refractivity contribution in [2.75, 3.05) is 13.1 Å². The van der Waals surface area contributed by atoms with E-state index in [2.05, 4.69) is 15.9 Å². The molecule has 0 aromatic heterocycles.